The maximum absolute atomic E-state index is 11.0. The smallest absolute Gasteiger partial charge is 0.322 e. The van der Waals surface area contributed by atoms with Gasteiger partial charge in [-0.1, -0.05) is 199 Å². The summed E-state index contributed by atoms with van der Waals surface area (Å²) in [5.74, 6) is -0.883. The van der Waals surface area contributed by atoms with Crippen molar-refractivity contribution in [1.29, 1.82) is 0 Å². The van der Waals surface area contributed by atoms with E-state index in [2.05, 4.69) is 191 Å². The lowest BCUT2D eigenvalue weighted by molar-refractivity contribution is -0.134. The fraction of sp³-hybridized carbons (Fsp3) is 0.0377. The Labute approximate surface area is 363 Å². The fourth-order valence-electron chi connectivity index (χ4n) is 6.90. The molecule has 2 N–H and O–H groups in total. The van der Waals surface area contributed by atoms with Gasteiger partial charge in [-0.05, 0) is 69.3 Å². The molecule has 3 nitrogen and oxygen atoms in total. The molecule has 0 amide bonds. The summed E-state index contributed by atoms with van der Waals surface area (Å²) in [6.45, 7) is -0.114. The number of hydrogen-bond acceptors (Lipinski definition) is 4. The second-order valence-electron chi connectivity index (χ2n) is 13.5. The number of benzene rings is 7. The number of aliphatic carboxylic acids is 1. The molecule has 0 atom stereocenters. The molecule has 2 aromatic heterocycles. The summed E-state index contributed by atoms with van der Waals surface area (Å²) in [7, 11) is 0. The lowest BCUT2D eigenvalue weighted by Crippen LogP contribution is -2.12. The molecule has 9 rings (SSSR count). The minimum absolute atomic E-state index is 0. The van der Waals surface area contributed by atoms with Gasteiger partial charge < -0.3 is 10.4 Å². The number of halogens is 1. The first-order chi connectivity index (χ1) is 28.5. The van der Waals surface area contributed by atoms with Crippen LogP contribution in [0.3, 0.4) is 0 Å². The molecule has 290 valence electrons. The van der Waals surface area contributed by atoms with E-state index in [0.29, 0.717) is 0 Å². The van der Waals surface area contributed by atoms with Gasteiger partial charge in [-0.3, -0.25) is 4.79 Å². The van der Waals surface area contributed by atoms with Crippen molar-refractivity contribution in [3.8, 4) is 75.1 Å². The second-order valence-corrected chi connectivity index (χ2v) is 16.5. The van der Waals surface area contributed by atoms with E-state index in [9.17, 15) is 4.79 Å². The summed E-state index contributed by atoms with van der Waals surface area (Å²) in [4.78, 5) is 16.0. The van der Waals surface area contributed by atoms with Crippen LogP contribution in [-0.2, 0) is 4.79 Å². The van der Waals surface area contributed by atoms with Gasteiger partial charge in [-0.25, -0.2) is 0 Å². The number of carboxylic acid groups (broad SMARTS) is 1. The Morgan fingerprint density at radius 1 is 0.441 bits per heavy atom. The van der Waals surface area contributed by atoms with Gasteiger partial charge in [-0.15, -0.1) is 22.7 Å². The second kappa shape index (κ2) is 19.4. The van der Waals surface area contributed by atoms with E-state index in [1.807, 2.05) is 47.7 Å². The Kier molecular flexibility index (Phi) is 13.5. The summed E-state index contributed by atoms with van der Waals surface area (Å²) < 4.78 is 1.13. The number of hydrogen-bond donors (Lipinski definition) is 2. The summed E-state index contributed by atoms with van der Waals surface area (Å²) >= 11 is 7.33. The van der Waals surface area contributed by atoms with Crippen molar-refractivity contribution >= 4 is 50.3 Å². The van der Waals surface area contributed by atoms with Crippen LogP contribution in [0.4, 0.5) is 5.69 Å². The van der Waals surface area contributed by atoms with Crippen molar-refractivity contribution in [3.05, 3.63) is 211 Å². The van der Waals surface area contributed by atoms with Crippen molar-refractivity contribution in [2.75, 3.05) is 11.9 Å². The first-order valence-electron chi connectivity index (χ1n) is 18.9. The number of carbonyl (C=O) groups is 1. The molecule has 59 heavy (non-hydrogen) atoms. The monoisotopic (exact) mass is 867 g/mol. The average Bonchev–Trinajstić information content (AvgIpc) is 3.94. The lowest BCUT2D eigenvalue weighted by Gasteiger charge is -2.11. The molecule has 6 heteroatoms. The third-order valence-corrected chi connectivity index (χ3v) is 12.8. The minimum Gasteiger partial charge on any atom is -0.480 e. The summed E-state index contributed by atoms with van der Waals surface area (Å²) in [6.07, 6.45) is 0. The van der Waals surface area contributed by atoms with Gasteiger partial charge in [0.05, 0.1) is 0 Å². The molecule has 0 spiro atoms. The number of thiophene rings is 2. The molecule has 0 unspecified atom stereocenters. The first-order valence-corrected chi connectivity index (χ1v) is 21.3. The molecule has 7 aromatic carbocycles. The number of nitrogens with one attached hydrogen (secondary N) is 1. The van der Waals surface area contributed by atoms with Crippen LogP contribution in [-0.4, -0.2) is 17.6 Å². The van der Waals surface area contributed by atoms with E-state index < -0.39 is 5.97 Å². The van der Waals surface area contributed by atoms with Crippen LogP contribution in [0.15, 0.2) is 211 Å². The topological polar surface area (TPSA) is 49.3 Å². The molecule has 0 fully saturated rings. The van der Waals surface area contributed by atoms with Gasteiger partial charge in [0.25, 0.3) is 0 Å². The van der Waals surface area contributed by atoms with Crippen LogP contribution < -0.4 is 5.32 Å². The standard InChI is InChI=1S/C30H23NO2S.C22H15BrS.CH4/c32-29(33)20-31-24-15-9-14-23(18-24)25-16-7-8-17-26(25)28-19-27(21-10-3-1-4-11-21)30(34-28)22-12-5-2-6-13-22;23-20-14-8-7-13-18(20)21-15-19(16-9-3-1-4-10-16)22(24-21)17-11-5-2-6-12-17;/h1-19,31H,20H2,(H,32,33);1-15H;1H4. The Bertz CT molecular complexity index is 2650. The SMILES string of the molecule is Brc1ccccc1-c1cc(-c2ccccc2)c(-c2ccccc2)s1.C.O=C(O)CNc1cccc(-c2ccccc2-c2cc(-c3ccccc3)c(-c3ccccc3)s2)c1. The normalized spacial score (nSPS) is 10.5. The Hall–Kier alpha value is -6.31. The summed E-state index contributed by atoms with van der Waals surface area (Å²) in [6, 6.07) is 71.5. The van der Waals surface area contributed by atoms with E-state index in [4.69, 9.17) is 5.11 Å². The predicted octanol–water partition coefficient (Wildman–Crippen LogP) is 16.1. The summed E-state index contributed by atoms with van der Waals surface area (Å²) in [5, 5.41) is 12.0. The molecular weight excluding hydrogens is 827 g/mol. The number of rotatable bonds is 10. The minimum atomic E-state index is -0.883. The molecule has 0 bridgehead atoms. The quantitative estimate of drug-likeness (QED) is 0.144. The molecular formula is C53H42BrNO2S2. The van der Waals surface area contributed by atoms with Crippen molar-refractivity contribution < 1.29 is 9.90 Å². The molecule has 0 aliphatic heterocycles. The van der Waals surface area contributed by atoms with Crippen LogP contribution in [0, 0.1) is 0 Å². The average molecular weight is 869 g/mol. The van der Waals surface area contributed by atoms with E-state index in [1.54, 1.807) is 11.3 Å². The highest BCUT2D eigenvalue weighted by Crippen LogP contribution is 2.47. The largest absolute Gasteiger partial charge is 0.480 e. The van der Waals surface area contributed by atoms with Gasteiger partial charge in [0.1, 0.15) is 6.54 Å². The van der Waals surface area contributed by atoms with Crippen LogP contribution in [0.25, 0.3) is 75.1 Å². The van der Waals surface area contributed by atoms with Gasteiger partial charge >= 0.3 is 5.97 Å². The van der Waals surface area contributed by atoms with Gasteiger partial charge in [0.2, 0.25) is 0 Å². The van der Waals surface area contributed by atoms with Crippen molar-refractivity contribution in [1.82, 2.24) is 0 Å². The molecule has 0 saturated heterocycles. The highest BCUT2D eigenvalue weighted by Gasteiger charge is 2.18. The van der Waals surface area contributed by atoms with Gasteiger partial charge in [-0.2, -0.15) is 0 Å². The maximum Gasteiger partial charge on any atom is 0.322 e. The lowest BCUT2D eigenvalue weighted by atomic mass is 9.96. The van der Waals surface area contributed by atoms with Crippen LogP contribution >= 0.6 is 38.6 Å². The molecule has 0 saturated carbocycles. The zero-order chi connectivity index (χ0) is 39.7. The number of carboxylic acids is 1. The number of anilines is 1. The summed E-state index contributed by atoms with van der Waals surface area (Å²) in [5.41, 5.74) is 12.8. The van der Waals surface area contributed by atoms with E-state index >= 15 is 0 Å². The van der Waals surface area contributed by atoms with Gasteiger partial charge in [0, 0.05) is 46.4 Å². The predicted molar refractivity (Wildman–Crippen MR) is 257 cm³/mol. The van der Waals surface area contributed by atoms with Gasteiger partial charge in [0.15, 0.2) is 0 Å². The Morgan fingerprint density at radius 3 is 1.34 bits per heavy atom. The Morgan fingerprint density at radius 2 is 0.847 bits per heavy atom. The van der Waals surface area contributed by atoms with E-state index in [0.717, 1.165) is 26.9 Å². The fourth-order valence-corrected chi connectivity index (χ4v) is 9.99. The van der Waals surface area contributed by atoms with Crippen LogP contribution in [0.1, 0.15) is 7.43 Å². The Balaban J connectivity index is 0.000000186. The highest BCUT2D eigenvalue weighted by atomic mass is 79.9. The molecule has 2 heterocycles. The van der Waals surface area contributed by atoms with Crippen molar-refractivity contribution in [2.24, 2.45) is 0 Å². The van der Waals surface area contributed by atoms with Crippen LogP contribution in [0.2, 0.25) is 0 Å². The van der Waals surface area contributed by atoms with Crippen molar-refractivity contribution in [3.63, 3.8) is 0 Å². The zero-order valence-corrected chi connectivity index (χ0v) is 34.6. The van der Waals surface area contributed by atoms with E-state index in [1.165, 1.54) is 58.5 Å². The molecule has 0 aliphatic rings. The highest BCUT2D eigenvalue weighted by molar-refractivity contribution is 9.10. The third-order valence-electron chi connectivity index (χ3n) is 9.65. The third kappa shape index (κ3) is 9.70. The zero-order valence-electron chi connectivity index (χ0n) is 31.4. The van der Waals surface area contributed by atoms with E-state index in [-0.39, 0.29) is 14.0 Å². The van der Waals surface area contributed by atoms with Crippen LogP contribution in [0.5, 0.6) is 0 Å². The molecule has 0 radical (unpaired) electrons. The molecule has 0 aliphatic carbocycles. The van der Waals surface area contributed by atoms with Crippen molar-refractivity contribution in [2.45, 2.75) is 7.43 Å². The first kappa shape index (κ1) is 40.9. The maximum atomic E-state index is 11.0. The molecule has 9 aromatic rings.